The van der Waals surface area contributed by atoms with Crippen molar-refractivity contribution in [3.8, 4) is 0 Å². The van der Waals surface area contributed by atoms with Gasteiger partial charge in [0.15, 0.2) is 18.2 Å². The second-order valence-corrected chi connectivity index (χ2v) is 6.98. The van der Waals surface area contributed by atoms with Crippen molar-refractivity contribution in [1.82, 2.24) is 0 Å². The fourth-order valence-electron chi connectivity index (χ4n) is 2.44. The fourth-order valence-corrected chi connectivity index (χ4v) is 3.55. The minimum absolute atomic E-state index is 0.0183. The molecule has 0 aliphatic carbocycles. The lowest BCUT2D eigenvalue weighted by molar-refractivity contribution is -0.119. The van der Waals surface area contributed by atoms with Gasteiger partial charge in [-0.15, -0.1) is 11.3 Å². The summed E-state index contributed by atoms with van der Waals surface area (Å²) in [5, 5.41) is 2.42. The molecular weight excluding hydrogens is 436 g/mol. The number of benzene rings is 1. The summed E-state index contributed by atoms with van der Waals surface area (Å²) in [5.74, 6) is -5.65. The van der Waals surface area contributed by atoms with Crippen LogP contribution in [0.25, 0.3) is 0 Å². The lowest BCUT2D eigenvalue weighted by Crippen LogP contribution is -2.22. The Morgan fingerprint density at radius 3 is 2.19 bits per heavy atom. The molecule has 1 N–H and O–H groups in total. The number of esters is 3. The monoisotopic (exact) mass is 455 g/mol. The number of carbonyl (C=O) groups excluding carboxylic acids is 4. The van der Waals surface area contributed by atoms with E-state index in [0.717, 1.165) is 23.5 Å². The van der Waals surface area contributed by atoms with Gasteiger partial charge in [-0.2, -0.15) is 0 Å². The van der Waals surface area contributed by atoms with Gasteiger partial charge in [-0.1, -0.05) is 0 Å². The average molecular weight is 455 g/mol. The number of nitrogens with one attached hydrogen (secondary N) is 1. The van der Waals surface area contributed by atoms with E-state index in [-0.39, 0.29) is 39.8 Å². The number of ether oxygens (including phenoxy) is 3. The molecule has 2 rings (SSSR count). The third kappa shape index (κ3) is 5.85. The first-order chi connectivity index (χ1) is 14.7. The lowest BCUT2D eigenvalue weighted by atomic mass is 10.1. The number of thiophene rings is 1. The van der Waals surface area contributed by atoms with Crippen molar-refractivity contribution in [1.29, 1.82) is 0 Å². The Balaban J connectivity index is 2.16. The molecule has 8 nitrogen and oxygen atoms in total. The summed E-state index contributed by atoms with van der Waals surface area (Å²) in [7, 11) is 0. The minimum atomic E-state index is -1.24. The first-order valence-corrected chi connectivity index (χ1v) is 9.90. The summed E-state index contributed by atoms with van der Waals surface area (Å²) in [6.45, 7) is 4.15. The molecule has 1 amide bonds. The molecule has 31 heavy (non-hydrogen) atoms. The molecule has 2 aromatic rings. The smallest absolute Gasteiger partial charge is 0.348 e. The Kier molecular flexibility index (Phi) is 8.20. The van der Waals surface area contributed by atoms with Crippen LogP contribution in [-0.4, -0.2) is 43.6 Å². The maximum atomic E-state index is 13.2. The predicted octanol–water partition coefficient (Wildman–Crippen LogP) is 3.48. The van der Waals surface area contributed by atoms with Gasteiger partial charge in [0.2, 0.25) is 0 Å². The van der Waals surface area contributed by atoms with Crippen molar-refractivity contribution in [3.63, 3.8) is 0 Å². The van der Waals surface area contributed by atoms with E-state index in [0.29, 0.717) is 6.07 Å². The second-order valence-electron chi connectivity index (χ2n) is 5.95. The fraction of sp³-hybridized carbons (Fsp3) is 0.300. The molecule has 11 heteroatoms. The summed E-state index contributed by atoms with van der Waals surface area (Å²) in [6.07, 6.45) is 0. The quantitative estimate of drug-likeness (QED) is 0.480. The van der Waals surface area contributed by atoms with E-state index in [9.17, 15) is 28.0 Å². The van der Waals surface area contributed by atoms with Gasteiger partial charge in [-0.05, 0) is 44.5 Å². The summed E-state index contributed by atoms with van der Waals surface area (Å²) >= 11 is 0.812. The lowest BCUT2D eigenvalue weighted by Gasteiger charge is -2.08. The Labute approximate surface area is 180 Å². The predicted molar refractivity (Wildman–Crippen MR) is 106 cm³/mol. The van der Waals surface area contributed by atoms with Gasteiger partial charge in [0.25, 0.3) is 5.91 Å². The van der Waals surface area contributed by atoms with Gasteiger partial charge in [0.1, 0.15) is 9.88 Å². The summed E-state index contributed by atoms with van der Waals surface area (Å²) in [4.78, 5) is 48.7. The number of amides is 1. The number of anilines is 1. The van der Waals surface area contributed by atoms with E-state index in [4.69, 9.17) is 14.2 Å². The van der Waals surface area contributed by atoms with Crippen LogP contribution in [0.3, 0.4) is 0 Å². The highest BCUT2D eigenvalue weighted by molar-refractivity contribution is 7.18. The van der Waals surface area contributed by atoms with Crippen molar-refractivity contribution in [2.45, 2.75) is 20.8 Å². The number of carbonyl (C=O) groups is 4. The van der Waals surface area contributed by atoms with E-state index in [2.05, 4.69) is 5.32 Å². The van der Waals surface area contributed by atoms with Crippen molar-refractivity contribution in [2.75, 3.05) is 25.1 Å². The van der Waals surface area contributed by atoms with Crippen molar-refractivity contribution in [3.05, 3.63) is 51.4 Å². The zero-order chi connectivity index (χ0) is 23.1. The minimum Gasteiger partial charge on any atom is -0.462 e. The normalized spacial score (nSPS) is 10.4. The third-order valence-corrected chi connectivity index (χ3v) is 5.02. The van der Waals surface area contributed by atoms with Crippen LogP contribution in [0.1, 0.15) is 49.8 Å². The van der Waals surface area contributed by atoms with Gasteiger partial charge < -0.3 is 19.5 Å². The van der Waals surface area contributed by atoms with E-state index >= 15 is 0 Å². The van der Waals surface area contributed by atoms with Crippen molar-refractivity contribution < 1.29 is 42.2 Å². The molecule has 0 spiro atoms. The average Bonchev–Trinajstić information content (AvgIpc) is 3.04. The summed E-state index contributed by atoms with van der Waals surface area (Å²) in [5.41, 5.74) is -0.0263. The van der Waals surface area contributed by atoms with Crippen LogP contribution in [0.15, 0.2) is 18.2 Å². The van der Waals surface area contributed by atoms with Gasteiger partial charge in [-0.3, -0.25) is 4.79 Å². The van der Waals surface area contributed by atoms with Gasteiger partial charge in [-0.25, -0.2) is 23.2 Å². The first kappa shape index (κ1) is 23.9. The van der Waals surface area contributed by atoms with Gasteiger partial charge in [0.05, 0.1) is 24.3 Å². The number of halogens is 2. The molecule has 0 unspecified atom stereocenters. The Hall–Kier alpha value is -3.34. The first-order valence-electron chi connectivity index (χ1n) is 9.09. The SMILES string of the molecule is CCOC(=O)c1sc(NC(=O)COC(=O)c2ccc(F)c(F)c2)c(C(=O)OCC)c1C. The van der Waals surface area contributed by atoms with Gasteiger partial charge >= 0.3 is 17.9 Å². The molecule has 1 aromatic heterocycles. The Bertz CT molecular complexity index is 1020. The zero-order valence-corrected chi connectivity index (χ0v) is 17.7. The van der Waals surface area contributed by atoms with Crippen LogP contribution in [0.2, 0.25) is 0 Å². The Morgan fingerprint density at radius 2 is 1.58 bits per heavy atom. The number of rotatable bonds is 8. The molecule has 0 fully saturated rings. The van der Waals surface area contributed by atoms with Crippen LogP contribution < -0.4 is 5.32 Å². The topological polar surface area (TPSA) is 108 Å². The molecule has 0 radical (unpaired) electrons. The van der Waals surface area contributed by atoms with Gasteiger partial charge in [0, 0.05) is 0 Å². The molecule has 1 aromatic carbocycles. The Morgan fingerprint density at radius 1 is 0.935 bits per heavy atom. The van der Waals surface area contributed by atoms with Crippen LogP contribution in [-0.2, 0) is 19.0 Å². The molecular formula is C20H19F2NO7S. The highest BCUT2D eigenvalue weighted by Crippen LogP contribution is 2.34. The number of hydrogen-bond donors (Lipinski definition) is 1. The molecule has 166 valence electrons. The summed E-state index contributed by atoms with van der Waals surface area (Å²) in [6, 6.07) is 2.40. The van der Waals surface area contributed by atoms with E-state index < -0.39 is 42.1 Å². The highest BCUT2D eigenvalue weighted by Gasteiger charge is 2.27. The largest absolute Gasteiger partial charge is 0.462 e. The second kappa shape index (κ2) is 10.6. The van der Waals surface area contributed by atoms with Crippen LogP contribution in [0.4, 0.5) is 13.8 Å². The molecule has 0 saturated carbocycles. The maximum absolute atomic E-state index is 13.2. The molecule has 0 saturated heterocycles. The van der Waals surface area contributed by atoms with E-state index in [1.165, 1.54) is 6.92 Å². The zero-order valence-electron chi connectivity index (χ0n) is 16.9. The molecule has 1 heterocycles. The molecule has 0 bridgehead atoms. The number of hydrogen-bond acceptors (Lipinski definition) is 8. The molecule has 0 aliphatic heterocycles. The highest BCUT2D eigenvalue weighted by atomic mass is 32.1. The van der Waals surface area contributed by atoms with Crippen molar-refractivity contribution in [2.24, 2.45) is 0 Å². The van der Waals surface area contributed by atoms with E-state index in [1.54, 1.807) is 13.8 Å². The standard InChI is InChI=1S/C20H19F2NO7S/c1-4-28-19(26)15-10(3)16(20(27)29-5-2)31-17(15)23-14(24)9-30-18(25)11-6-7-12(21)13(22)8-11/h6-8H,4-5,9H2,1-3H3,(H,23,24). The maximum Gasteiger partial charge on any atom is 0.348 e. The molecule has 0 aliphatic rings. The van der Waals surface area contributed by atoms with Crippen LogP contribution in [0.5, 0.6) is 0 Å². The van der Waals surface area contributed by atoms with Crippen LogP contribution >= 0.6 is 11.3 Å². The van der Waals surface area contributed by atoms with Crippen LogP contribution in [0, 0.1) is 18.6 Å². The van der Waals surface area contributed by atoms with Crippen molar-refractivity contribution >= 4 is 40.2 Å². The summed E-state index contributed by atoms with van der Waals surface area (Å²) < 4.78 is 40.9. The van der Waals surface area contributed by atoms with E-state index in [1.807, 2.05) is 0 Å². The third-order valence-electron chi connectivity index (χ3n) is 3.83. The molecule has 0 atom stereocenters.